The standard InChI is InChI=1S/C26H32N2O3/c1-30-23-13-6-12-22(24(23)31-2)19-28-17-8-14-26(25(28)29)15-18-27(20-26)16-7-11-21-9-4-3-5-10-21/h3-7,9-13H,8,14-20H2,1-2H3/b11-7+. The number of ether oxygens (including phenoxy) is 2. The van der Waals surface area contributed by atoms with Crippen molar-refractivity contribution in [2.24, 2.45) is 5.41 Å². The van der Waals surface area contributed by atoms with Crippen molar-refractivity contribution in [2.45, 2.75) is 25.8 Å². The van der Waals surface area contributed by atoms with Crippen LogP contribution in [0.3, 0.4) is 0 Å². The predicted molar refractivity (Wildman–Crippen MR) is 123 cm³/mol. The quantitative estimate of drug-likeness (QED) is 0.672. The molecule has 164 valence electrons. The lowest BCUT2D eigenvalue weighted by molar-refractivity contribution is -0.146. The van der Waals surface area contributed by atoms with Gasteiger partial charge in [0.1, 0.15) is 0 Å². The maximum atomic E-state index is 13.6. The Hall–Kier alpha value is -2.79. The first-order valence-corrected chi connectivity index (χ1v) is 11.1. The molecule has 2 fully saturated rings. The zero-order chi connectivity index (χ0) is 21.7. The number of hydrogen-bond donors (Lipinski definition) is 0. The summed E-state index contributed by atoms with van der Waals surface area (Å²) >= 11 is 0. The van der Waals surface area contributed by atoms with E-state index in [1.165, 1.54) is 5.56 Å². The first-order chi connectivity index (χ1) is 15.1. The first kappa shape index (κ1) is 21.4. The second-order valence-corrected chi connectivity index (χ2v) is 8.56. The zero-order valence-corrected chi connectivity index (χ0v) is 18.5. The van der Waals surface area contributed by atoms with Gasteiger partial charge in [0.05, 0.1) is 19.6 Å². The van der Waals surface area contributed by atoms with Gasteiger partial charge in [-0.3, -0.25) is 9.69 Å². The summed E-state index contributed by atoms with van der Waals surface area (Å²) in [5, 5.41) is 0. The number of carbonyl (C=O) groups is 1. The molecule has 2 heterocycles. The molecule has 1 amide bonds. The van der Waals surface area contributed by atoms with E-state index in [1.807, 2.05) is 29.2 Å². The highest BCUT2D eigenvalue weighted by Crippen LogP contribution is 2.41. The van der Waals surface area contributed by atoms with Gasteiger partial charge >= 0.3 is 0 Å². The first-order valence-electron chi connectivity index (χ1n) is 11.1. The third-order valence-electron chi connectivity index (χ3n) is 6.58. The summed E-state index contributed by atoms with van der Waals surface area (Å²) in [5.74, 6) is 1.71. The molecule has 0 bridgehead atoms. The smallest absolute Gasteiger partial charge is 0.230 e. The van der Waals surface area contributed by atoms with E-state index in [0.29, 0.717) is 12.3 Å². The van der Waals surface area contributed by atoms with Crippen LogP contribution in [0.4, 0.5) is 0 Å². The summed E-state index contributed by atoms with van der Waals surface area (Å²) in [4.78, 5) is 18.0. The van der Waals surface area contributed by atoms with E-state index in [1.54, 1.807) is 14.2 Å². The molecule has 2 aliphatic heterocycles. The van der Waals surface area contributed by atoms with Gasteiger partial charge in [0.15, 0.2) is 11.5 Å². The van der Waals surface area contributed by atoms with E-state index in [2.05, 4.69) is 41.3 Å². The van der Waals surface area contributed by atoms with Gasteiger partial charge in [-0.15, -0.1) is 0 Å². The van der Waals surface area contributed by atoms with Crippen LogP contribution in [0.25, 0.3) is 6.08 Å². The Kier molecular flexibility index (Phi) is 6.62. The summed E-state index contributed by atoms with van der Waals surface area (Å²) in [6.45, 7) is 4.06. The van der Waals surface area contributed by atoms with E-state index < -0.39 is 0 Å². The van der Waals surface area contributed by atoms with E-state index in [0.717, 1.165) is 56.8 Å². The lowest BCUT2D eigenvalue weighted by Gasteiger charge is -2.39. The number of methoxy groups -OCH3 is 2. The summed E-state index contributed by atoms with van der Waals surface area (Å²) in [6, 6.07) is 16.2. The van der Waals surface area contributed by atoms with Crippen molar-refractivity contribution in [2.75, 3.05) is 40.4 Å². The third-order valence-corrected chi connectivity index (χ3v) is 6.58. The van der Waals surface area contributed by atoms with Crippen molar-refractivity contribution in [3.05, 3.63) is 65.7 Å². The summed E-state index contributed by atoms with van der Waals surface area (Å²) in [7, 11) is 3.29. The van der Waals surface area contributed by atoms with Crippen molar-refractivity contribution in [3.63, 3.8) is 0 Å². The van der Waals surface area contributed by atoms with Gasteiger partial charge in [-0.05, 0) is 37.4 Å². The highest BCUT2D eigenvalue weighted by atomic mass is 16.5. The van der Waals surface area contributed by atoms with E-state index in [9.17, 15) is 4.79 Å². The molecule has 2 saturated heterocycles. The van der Waals surface area contributed by atoms with Crippen molar-refractivity contribution in [1.29, 1.82) is 0 Å². The van der Waals surface area contributed by atoms with E-state index in [-0.39, 0.29) is 11.3 Å². The topological polar surface area (TPSA) is 42.0 Å². The Labute approximate surface area is 185 Å². The number of rotatable bonds is 7. The molecule has 1 spiro atoms. The van der Waals surface area contributed by atoms with Crippen molar-refractivity contribution < 1.29 is 14.3 Å². The zero-order valence-electron chi connectivity index (χ0n) is 18.5. The van der Waals surface area contributed by atoms with E-state index in [4.69, 9.17) is 9.47 Å². The molecule has 4 rings (SSSR count). The molecule has 0 saturated carbocycles. The predicted octanol–water partition coefficient (Wildman–Crippen LogP) is 4.23. The van der Waals surface area contributed by atoms with Crippen LogP contribution < -0.4 is 9.47 Å². The van der Waals surface area contributed by atoms with Crippen molar-refractivity contribution in [1.82, 2.24) is 9.80 Å². The van der Waals surface area contributed by atoms with Gasteiger partial charge in [0.2, 0.25) is 5.91 Å². The van der Waals surface area contributed by atoms with Gasteiger partial charge in [-0.25, -0.2) is 0 Å². The molecule has 5 heteroatoms. The monoisotopic (exact) mass is 420 g/mol. The van der Waals surface area contributed by atoms with Gasteiger partial charge in [0, 0.05) is 31.7 Å². The molecule has 0 radical (unpaired) electrons. The van der Waals surface area contributed by atoms with Gasteiger partial charge < -0.3 is 14.4 Å². The Bertz CT molecular complexity index is 928. The molecule has 1 atom stereocenters. The Morgan fingerprint density at radius 1 is 1.00 bits per heavy atom. The summed E-state index contributed by atoms with van der Waals surface area (Å²) < 4.78 is 11.0. The van der Waals surface area contributed by atoms with Crippen molar-refractivity contribution in [3.8, 4) is 11.5 Å². The molecule has 2 aromatic rings. The Morgan fingerprint density at radius 2 is 1.84 bits per heavy atom. The number of carbonyl (C=O) groups excluding carboxylic acids is 1. The number of likely N-dealkylation sites (tertiary alicyclic amines) is 2. The SMILES string of the molecule is COc1cccc(CN2CCCC3(CCN(C/C=C/c4ccccc4)C3)C2=O)c1OC. The van der Waals surface area contributed by atoms with Crippen LogP contribution in [0.1, 0.15) is 30.4 Å². The summed E-state index contributed by atoms with van der Waals surface area (Å²) in [6.07, 6.45) is 7.34. The largest absolute Gasteiger partial charge is 0.493 e. The number of para-hydroxylation sites is 1. The molecule has 2 aliphatic rings. The average molecular weight is 421 g/mol. The number of hydrogen-bond acceptors (Lipinski definition) is 4. The molecular formula is C26H32N2O3. The van der Waals surface area contributed by atoms with E-state index >= 15 is 0 Å². The number of piperidine rings is 1. The minimum absolute atomic E-state index is 0.245. The van der Waals surface area contributed by atoms with Gasteiger partial charge in [-0.1, -0.05) is 54.6 Å². The Balaban J connectivity index is 1.41. The minimum Gasteiger partial charge on any atom is -0.493 e. The maximum Gasteiger partial charge on any atom is 0.230 e. The number of amides is 1. The van der Waals surface area contributed by atoms with Crippen LogP contribution in [0.2, 0.25) is 0 Å². The highest BCUT2D eigenvalue weighted by Gasteiger charge is 2.48. The van der Waals surface area contributed by atoms with Crippen LogP contribution >= 0.6 is 0 Å². The molecule has 0 N–H and O–H groups in total. The lowest BCUT2D eigenvalue weighted by atomic mass is 9.78. The number of benzene rings is 2. The molecule has 0 aliphatic carbocycles. The van der Waals surface area contributed by atoms with Crippen molar-refractivity contribution >= 4 is 12.0 Å². The number of nitrogens with zero attached hydrogens (tertiary/aromatic N) is 2. The van der Waals surface area contributed by atoms with Gasteiger partial charge in [0.25, 0.3) is 0 Å². The molecule has 5 nitrogen and oxygen atoms in total. The summed E-state index contributed by atoms with van der Waals surface area (Å²) in [5.41, 5.74) is 1.96. The Morgan fingerprint density at radius 3 is 2.61 bits per heavy atom. The van der Waals surface area contributed by atoms with Crippen LogP contribution in [0, 0.1) is 5.41 Å². The minimum atomic E-state index is -0.245. The van der Waals surface area contributed by atoms with Crippen LogP contribution in [-0.4, -0.2) is 56.1 Å². The fraction of sp³-hybridized carbons (Fsp3) is 0.423. The fourth-order valence-electron chi connectivity index (χ4n) is 4.98. The molecule has 1 unspecified atom stereocenters. The molecular weight excluding hydrogens is 388 g/mol. The van der Waals surface area contributed by atoms with Crippen LogP contribution in [-0.2, 0) is 11.3 Å². The normalized spacial score (nSPS) is 21.9. The maximum absolute atomic E-state index is 13.6. The second kappa shape index (κ2) is 9.56. The molecule has 2 aromatic carbocycles. The highest BCUT2D eigenvalue weighted by molar-refractivity contribution is 5.84. The van der Waals surface area contributed by atoms with Crippen LogP contribution in [0.15, 0.2) is 54.6 Å². The van der Waals surface area contributed by atoms with Crippen LogP contribution in [0.5, 0.6) is 11.5 Å². The van der Waals surface area contributed by atoms with Gasteiger partial charge in [-0.2, -0.15) is 0 Å². The lowest BCUT2D eigenvalue weighted by Crippen LogP contribution is -2.49. The fourth-order valence-corrected chi connectivity index (χ4v) is 4.98. The molecule has 31 heavy (non-hydrogen) atoms. The third kappa shape index (κ3) is 4.62. The second-order valence-electron chi connectivity index (χ2n) is 8.56. The molecule has 0 aromatic heterocycles. The average Bonchev–Trinajstić information content (AvgIpc) is 3.21.